The van der Waals surface area contributed by atoms with Gasteiger partial charge in [-0.25, -0.2) is 0 Å². The fraction of sp³-hybridized carbons (Fsp3) is 0.500. The number of benzene rings is 1. The lowest BCUT2D eigenvalue weighted by Gasteiger charge is -2.25. The Morgan fingerprint density at radius 2 is 1.84 bits per heavy atom. The molecule has 1 aromatic heterocycles. The zero-order valence-electron chi connectivity index (χ0n) is 15.3. The molecule has 0 aliphatic heterocycles. The van der Waals surface area contributed by atoms with Gasteiger partial charge in [-0.2, -0.15) is 0 Å². The molecule has 0 saturated heterocycles. The van der Waals surface area contributed by atoms with E-state index in [1.165, 1.54) is 44.1 Å². The van der Waals surface area contributed by atoms with Crippen LogP contribution in [0.2, 0.25) is 0 Å². The van der Waals surface area contributed by atoms with Crippen molar-refractivity contribution in [2.75, 3.05) is 0 Å². The molecule has 1 aliphatic carbocycles. The van der Waals surface area contributed by atoms with Crippen molar-refractivity contribution >= 4 is 0 Å². The summed E-state index contributed by atoms with van der Waals surface area (Å²) in [5.74, 6) is 1.88. The second-order valence-corrected chi connectivity index (χ2v) is 7.27. The molecule has 1 aliphatic rings. The zero-order valence-corrected chi connectivity index (χ0v) is 15.3. The second kappa shape index (κ2) is 9.57. The van der Waals surface area contributed by atoms with Gasteiger partial charge in [0.15, 0.2) is 0 Å². The molecule has 3 rings (SSSR count). The molecule has 1 saturated carbocycles. The van der Waals surface area contributed by atoms with Gasteiger partial charge in [0.25, 0.3) is 0 Å². The second-order valence-electron chi connectivity index (χ2n) is 7.27. The molecule has 3 heteroatoms. The fourth-order valence-electron chi connectivity index (χ4n) is 3.72. The van der Waals surface area contributed by atoms with Crippen molar-refractivity contribution in [1.29, 1.82) is 0 Å². The minimum Gasteiger partial charge on any atom is -0.489 e. The SMILES string of the molecule is C[C@@H](CC1CCCCC1)NCc1ccccc1OCc1ccncc1. The molecule has 134 valence electrons. The minimum absolute atomic E-state index is 0.552. The van der Waals surface area contributed by atoms with Crippen LogP contribution in [0.4, 0.5) is 0 Å². The van der Waals surface area contributed by atoms with Crippen molar-refractivity contribution in [3.63, 3.8) is 0 Å². The highest BCUT2D eigenvalue weighted by Crippen LogP contribution is 2.27. The summed E-state index contributed by atoms with van der Waals surface area (Å²) in [5.41, 5.74) is 2.37. The van der Waals surface area contributed by atoms with Gasteiger partial charge in [-0.05, 0) is 43.0 Å². The number of nitrogens with zero attached hydrogens (tertiary/aromatic N) is 1. The summed E-state index contributed by atoms with van der Waals surface area (Å²) < 4.78 is 6.04. The summed E-state index contributed by atoms with van der Waals surface area (Å²) in [6.45, 7) is 3.76. The highest BCUT2D eigenvalue weighted by Gasteiger charge is 2.16. The van der Waals surface area contributed by atoms with Gasteiger partial charge in [-0.15, -0.1) is 0 Å². The molecule has 0 radical (unpaired) electrons. The summed E-state index contributed by atoms with van der Waals surface area (Å²) in [7, 11) is 0. The molecule has 1 atom stereocenters. The smallest absolute Gasteiger partial charge is 0.124 e. The predicted molar refractivity (Wildman–Crippen MR) is 103 cm³/mol. The zero-order chi connectivity index (χ0) is 17.3. The molecular weight excluding hydrogens is 308 g/mol. The van der Waals surface area contributed by atoms with Crippen LogP contribution in [0.3, 0.4) is 0 Å². The summed E-state index contributed by atoms with van der Waals surface area (Å²) in [6, 6.07) is 12.9. The first-order valence-corrected chi connectivity index (χ1v) is 9.64. The number of ether oxygens (including phenoxy) is 1. The quantitative estimate of drug-likeness (QED) is 0.726. The van der Waals surface area contributed by atoms with Crippen LogP contribution in [-0.4, -0.2) is 11.0 Å². The minimum atomic E-state index is 0.552. The van der Waals surface area contributed by atoms with E-state index < -0.39 is 0 Å². The highest BCUT2D eigenvalue weighted by atomic mass is 16.5. The normalized spacial score (nSPS) is 16.5. The van der Waals surface area contributed by atoms with E-state index in [2.05, 4.69) is 35.4 Å². The van der Waals surface area contributed by atoms with Gasteiger partial charge in [0.05, 0.1) is 0 Å². The standard InChI is InChI=1S/C22H30N2O/c1-18(15-19-7-3-2-4-8-19)24-16-21-9-5-6-10-22(21)25-17-20-11-13-23-14-12-20/h5-6,9-14,18-19,24H,2-4,7-8,15-17H2,1H3/t18-/m0/s1. The lowest BCUT2D eigenvalue weighted by Crippen LogP contribution is -2.28. The summed E-state index contributed by atoms with van der Waals surface area (Å²) >= 11 is 0. The Kier molecular flexibility index (Phi) is 6.87. The number of hydrogen-bond donors (Lipinski definition) is 1. The lowest BCUT2D eigenvalue weighted by atomic mass is 9.85. The maximum absolute atomic E-state index is 6.04. The average molecular weight is 338 g/mol. The van der Waals surface area contributed by atoms with Gasteiger partial charge in [0.2, 0.25) is 0 Å². The van der Waals surface area contributed by atoms with Crippen LogP contribution in [0.1, 0.15) is 56.6 Å². The number of hydrogen-bond acceptors (Lipinski definition) is 3. The maximum Gasteiger partial charge on any atom is 0.124 e. The Morgan fingerprint density at radius 1 is 1.08 bits per heavy atom. The van der Waals surface area contributed by atoms with Crippen LogP contribution >= 0.6 is 0 Å². The van der Waals surface area contributed by atoms with Gasteiger partial charge in [-0.3, -0.25) is 4.98 Å². The Bertz CT molecular complexity index is 623. The average Bonchev–Trinajstić information content (AvgIpc) is 2.67. The Balaban J connectivity index is 1.50. The van der Waals surface area contributed by atoms with Crippen LogP contribution < -0.4 is 10.1 Å². The molecular formula is C22H30N2O. The molecule has 1 fully saturated rings. The predicted octanol–water partition coefficient (Wildman–Crippen LogP) is 5.11. The van der Waals surface area contributed by atoms with E-state index in [1.807, 2.05) is 18.2 Å². The van der Waals surface area contributed by atoms with Gasteiger partial charge < -0.3 is 10.1 Å². The molecule has 25 heavy (non-hydrogen) atoms. The summed E-state index contributed by atoms with van der Waals surface area (Å²) in [5, 5.41) is 3.69. The third kappa shape index (κ3) is 5.86. The van der Waals surface area contributed by atoms with E-state index in [4.69, 9.17) is 4.74 Å². The van der Waals surface area contributed by atoms with Gasteiger partial charge in [-0.1, -0.05) is 50.3 Å². The Hall–Kier alpha value is -1.87. The number of aromatic nitrogens is 1. The molecule has 1 heterocycles. The number of rotatable bonds is 8. The van der Waals surface area contributed by atoms with E-state index in [0.717, 1.165) is 23.8 Å². The number of para-hydroxylation sites is 1. The van der Waals surface area contributed by atoms with Crippen molar-refractivity contribution in [1.82, 2.24) is 10.3 Å². The van der Waals surface area contributed by atoms with Gasteiger partial charge in [0.1, 0.15) is 12.4 Å². The van der Waals surface area contributed by atoms with Gasteiger partial charge >= 0.3 is 0 Å². The van der Waals surface area contributed by atoms with E-state index in [9.17, 15) is 0 Å². The van der Waals surface area contributed by atoms with Crippen LogP contribution in [-0.2, 0) is 13.2 Å². The maximum atomic E-state index is 6.04. The van der Waals surface area contributed by atoms with Crippen molar-refractivity contribution in [2.45, 2.75) is 64.6 Å². The fourth-order valence-corrected chi connectivity index (χ4v) is 3.72. The largest absolute Gasteiger partial charge is 0.489 e. The Labute approximate surface area is 151 Å². The Morgan fingerprint density at radius 3 is 2.64 bits per heavy atom. The van der Waals surface area contributed by atoms with E-state index in [-0.39, 0.29) is 0 Å². The summed E-state index contributed by atoms with van der Waals surface area (Å²) in [4.78, 5) is 4.05. The van der Waals surface area contributed by atoms with Crippen molar-refractivity contribution < 1.29 is 4.74 Å². The van der Waals surface area contributed by atoms with Crippen molar-refractivity contribution in [3.8, 4) is 5.75 Å². The number of nitrogens with one attached hydrogen (secondary N) is 1. The molecule has 1 N–H and O–H groups in total. The van der Waals surface area contributed by atoms with E-state index in [1.54, 1.807) is 12.4 Å². The van der Waals surface area contributed by atoms with Crippen LogP contribution in [0, 0.1) is 5.92 Å². The topological polar surface area (TPSA) is 34.1 Å². The van der Waals surface area contributed by atoms with E-state index >= 15 is 0 Å². The molecule has 0 unspecified atom stereocenters. The molecule has 0 spiro atoms. The van der Waals surface area contributed by atoms with Crippen LogP contribution in [0.15, 0.2) is 48.8 Å². The molecule has 0 amide bonds. The third-order valence-electron chi connectivity index (χ3n) is 5.17. The molecule has 2 aromatic rings. The monoisotopic (exact) mass is 338 g/mol. The first kappa shape index (κ1) is 17.9. The number of pyridine rings is 1. The highest BCUT2D eigenvalue weighted by molar-refractivity contribution is 5.33. The third-order valence-corrected chi connectivity index (χ3v) is 5.17. The first-order chi connectivity index (χ1) is 12.3. The van der Waals surface area contributed by atoms with Crippen LogP contribution in [0.5, 0.6) is 5.75 Å². The van der Waals surface area contributed by atoms with Crippen molar-refractivity contribution in [2.24, 2.45) is 5.92 Å². The molecule has 0 bridgehead atoms. The lowest BCUT2D eigenvalue weighted by molar-refractivity contribution is 0.294. The molecule has 1 aromatic carbocycles. The first-order valence-electron chi connectivity index (χ1n) is 9.64. The van der Waals surface area contributed by atoms with Gasteiger partial charge in [0, 0.05) is 30.5 Å². The molecule has 3 nitrogen and oxygen atoms in total. The van der Waals surface area contributed by atoms with Crippen molar-refractivity contribution in [3.05, 3.63) is 59.9 Å². The van der Waals surface area contributed by atoms with E-state index in [0.29, 0.717) is 12.6 Å². The summed E-state index contributed by atoms with van der Waals surface area (Å²) in [6.07, 6.45) is 12.0. The van der Waals surface area contributed by atoms with Crippen LogP contribution in [0.25, 0.3) is 0 Å².